The van der Waals surface area contributed by atoms with E-state index in [1.165, 1.54) is 12.1 Å². The fourth-order valence-corrected chi connectivity index (χ4v) is 2.76. The average molecular weight is 309 g/mol. The topological polar surface area (TPSA) is 46.9 Å². The van der Waals surface area contributed by atoms with Crippen molar-refractivity contribution in [3.8, 4) is 0 Å². The predicted octanol–water partition coefficient (Wildman–Crippen LogP) is 3.18. The molecule has 0 bridgehead atoms. The largest absolute Gasteiger partial charge is 0.416 e. The molecule has 1 N–H and O–H groups in total. The normalized spacial score (nSPS) is 14.0. The van der Waals surface area contributed by atoms with Gasteiger partial charge in [0, 0.05) is 24.0 Å². The van der Waals surface area contributed by atoms with E-state index in [1.807, 2.05) is 0 Å². The zero-order valence-corrected chi connectivity index (χ0v) is 11.9. The molecule has 1 aromatic heterocycles. The van der Waals surface area contributed by atoms with Crippen molar-refractivity contribution in [3.05, 3.63) is 46.8 Å². The van der Waals surface area contributed by atoms with Crippen LogP contribution in [-0.2, 0) is 26.1 Å². The van der Waals surface area contributed by atoms with Crippen molar-refractivity contribution in [1.82, 2.24) is 9.78 Å². The van der Waals surface area contributed by atoms with Crippen molar-refractivity contribution in [2.24, 2.45) is 7.05 Å². The molecule has 0 unspecified atom stereocenters. The number of benzene rings is 1. The Bertz CT molecular complexity index is 734. The highest BCUT2D eigenvalue weighted by atomic mass is 19.4. The zero-order chi connectivity index (χ0) is 15.9. The molecule has 2 aromatic rings. The minimum Gasteiger partial charge on any atom is -0.321 e. The Morgan fingerprint density at radius 3 is 2.82 bits per heavy atom. The smallest absolute Gasteiger partial charge is 0.321 e. The van der Waals surface area contributed by atoms with Crippen molar-refractivity contribution in [2.45, 2.75) is 25.4 Å². The number of aromatic nitrogens is 2. The van der Waals surface area contributed by atoms with Crippen LogP contribution >= 0.6 is 0 Å². The Labute approximate surface area is 124 Å². The van der Waals surface area contributed by atoms with E-state index >= 15 is 0 Å². The molecule has 0 radical (unpaired) electrons. The summed E-state index contributed by atoms with van der Waals surface area (Å²) in [7, 11) is 1.77. The summed E-state index contributed by atoms with van der Waals surface area (Å²) in [5, 5.41) is 6.68. The molecule has 4 nitrogen and oxygen atoms in total. The van der Waals surface area contributed by atoms with E-state index in [4.69, 9.17) is 0 Å². The number of hydrogen-bond acceptors (Lipinski definition) is 2. The van der Waals surface area contributed by atoms with Gasteiger partial charge in [0.25, 0.3) is 5.91 Å². The van der Waals surface area contributed by atoms with Gasteiger partial charge in [-0.2, -0.15) is 18.3 Å². The van der Waals surface area contributed by atoms with E-state index in [9.17, 15) is 18.0 Å². The third-order valence-corrected chi connectivity index (χ3v) is 3.78. The molecule has 0 saturated carbocycles. The van der Waals surface area contributed by atoms with Crippen LogP contribution in [0, 0.1) is 0 Å². The van der Waals surface area contributed by atoms with Gasteiger partial charge in [-0.25, -0.2) is 0 Å². The highest BCUT2D eigenvalue weighted by molar-refractivity contribution is 6.04. The van der Waals surface area contributed by atoms with Crippen LogP contribution in [-0.4, -0.2) is 15.7 Å². The number of amides is 1. The molecule has 3 rings (SSSR count). The lowest BCUT2D eigenvalue weighted by molar-refractivity contribution is -0.137. The molecule has 7 heteroatoms. The summed E-state index contributed by atoms with van der Waals surface area (Å²) in [5.41, 5.74) is 1.53. The predicted molar refractivity (Wildman–Crippen MR) is 74.6 cm³/mol. The van der Waals surface area contributed by atoms with E-state index in [-0.39, 0.29) is 5.69 Å². The van der Waals surface area contributed by atoms with Crippen molar-refractivity contribution in [2.75, 3.05) is 5.32 Å². The average Bonchev–Trinajstić information content (AvgIpc) is 3.02. The molecule has 116 valence electrons. The number of aryl methyl sites for hydroxylation is 1. The summed E-state index contributed by atoms with van der Waals surface area (Å²) in [6.07, 6.45) is -1.83. The second kappa shape index (κ2) is 5.15. The van der Waals surface area contributed by atoms with Crippen LogP contribution in [0.25, 0.3) is 0 Å². The Hall–Kier alpha value is -2.31. The van der Waals surface area contributed by atoms with Crippen LogP contribution in [0.3, 0.4) is 0 Å². The van der Waals surface area contributed by atoms with Gasteiger partial charge in [-0.3, -0.25) is 9.48 Å². The number of alkyl halides is 3. The Morgan fingerprint density at radius 1 is 1.32 bits per heavy atom. The number of hydrogen-bond donors (Lipinski definition) is 1. The van der Waals surface area contributed by atoms with Gasteiger partial charge in [-0.1, -0.05) is 6.07 Å². The Balaban J connectivity index is 1.85. The first-order valence-corrected chi connectivity index (χ1v) is 6.89. The first kappa shape index (κ1) is 14.6. The van der Waals surface area contributed by atoms with Crippen LogP contribution in [0.1, 0.15) is 33.7 Å². The minimum atomic E-state index is -4.44. The number of carbonyl (C=O) groups excluding carboxylic acids is 1. The van der Waals surface area contributed by atoms with Gasteiger partial charge >= 0.3 is 6.18 Å². The van der Waals surface area contributed by atoms with E-state index in [2.05, 4.69) is 10.4 Å². The van der Waals surface area contributed by atoms with Gasteiger partial charge in [0.1, 0.15) is 0 Å². The Kier molecular flexibility index (Phi) is 3.42. The van der Waals surface area contributed by atoms with Gasteiger partial charge in [0.15, 0.2) is 5.69 Å². The molecule has 1 amide bonds. The highest BCUT2D eigenvalue weighted by Gasteiger charge is 2.31. The van der Waals surface area contributed by atoms with Crippen LogP contribution < -0.4 is 5.32 Å². The first-order chi connectivity index (χ1) is 10.4. The van der Waals surface area contributed by atoms with E-state index < -0.39 is 17.6 Å². The lowest BCUT2D eigenvalue weighted by atomic mass is 10.1. The zero-order valence-electron chi connectivity index (χ0n) is 11.9. The molecule has 0 saturated heterocycles. The summed E-state index contributed by atoms with van der Waals surface area (Å²) in [6, 6.07) is 4.58. The number of fused-ring (bicyclic) bond motifs is 1. The standard InChI is InChI=1S/C15H14F3N3O/c1-21-12-7-3-6-11(12)13(20-21)14(22)19-10-5-2-4-9(8-10)15(16,17)18/h2,4-5,8H,3,6-7H2,1H3,(H,19,22). The number of carbonyl (C=O) groups is 1. The van der Waals surface area contributed by atoms with Crippen molar-refractivity contribution >= 4 is 11.6 Å². The molecule has 0 atom stereocenters. The molecule has 0 aliphatic heterocycles. The second-order valence-corrected chi connectivity index (χ2v) is 5.28. The van der Waals surface area contributed by atoms with E-state index in [0.29, 0.717) is 5.69 Å². The molecular weight excluding hydrogens is 295 g/mol. The maximum atomic E-state index is 12.7. The number of nitrogens with zero attached hydrogens (tertiary/aromatic N) is 2. The summed E-state index contributed by atoms with van der Waals surface area (Å²) < 4.78 is 39.7. The monoisotopic (exact) mass is 309 g/mol. The quantitative estimate of drug-likeness (QED) is 0.926. The van der Waals surface area contributed by atoms with Gasteiger partial charge in [-0.05, 0) is 37.5 Å². The third-order valence-electron chi connectivity index (χ3n) is 3.78. The third kappa shape index (κ3) is 2.58. The molecule has 1 aliphatic rings. The summed E-state index contributed by atoms with van der Waals surface area (Å²) in [5.74, 6) is -0.474. The maximum Gasteiger partial charge on any atom is 0.416 e. The van der Waals surface area contributed by atoms with Gasteiger partial charge in [0.05, 0.1) is 5.56 Å². The summed E-state index contributed by atoms with van der Waals surface area (Å²) >= 11 is 0. The number of halogens is 3. The number of rotatable bonds is 2. The van der Waals surface area contributed by atoms with Crippen LogP contribution in [0.15, 0.2) is 24.3 Å². The molecule has 0 spiro atoms. The molecule has 1 aromatic carbocycles. The number of nitrogens with one attached hydrogen (secondary N) is 1. The lowest BCUT2D eigenvalue weighted by Gasteiger charge is -2.09. The maximum absolute atomic E-state index is 12.7. The van der Waals surface area contributed by atoms with Crippen molar-refractivity contribution in [1.29, 1.82) is 0 Å². The van der Waals surface area contributed by atoms with Crippen LogP contribution in [0.2, 0.25) is 0 Å². The molecule has 1 heterocycles. The number of anilines is 1. The summed E-state index contributed by atoms with van der Waals surface area (Å²) in [4.78, 5) is 12.3. The molecule has 22 heavy (non-hydrogen) atoms. The second-order valence-electron chi connectivity index (χ2n) is 5.28. The van der Waals surface area contributed by atoms with Crippen LogP contribution in [0.4, 0.5) is 18.9 Å². The highest BCUT2D eigenvalue weighted by Crippen LogP contribution is 2.31. The fourth-order valence-electron chi connectivity index (χ4n) is 2.76. The molecular formula is C15H14F3N3O. The van der Waals surface area contributed by atoms with Crippen molar-refractivity contribution < 1.29 is 18.0 Å². The van der Waals surface area contributed by atoms with Gasteiger partial charge in [0.2, 0.25) is 0 Å². The minimum absolute atomic E-state index is 0.109. The SMILES string of the molecule is Cn1nc(C(=O)Nc2cccc(C(F)(F)F)c2)c2c1CCC2. The van der Waals surface area contributed by atoms with E-state index in [1.54, 1.807) is 11.7 Å². The first-order valence-electron chi connectivity index (χ1n) is 6.89. The van der Waals surface area contributed by atoms with Crippen molar-refractivity contribution in [3.63, 3.8) is 0 Å². The fraction of sp³-hybridized carbons (Fsp3) is 0.333. The van der Waals surface area contributed by atoms with Gasteiger partial charge < -0.3 is 5.32 Å². The summed E-state index contributed by atoms with van der Waals surface area (Å²) in [6.45, 7) is 0. The Morgan fingerprint density at radius 2 is 2.09 bits per heavy atom. The van der Waals surface area contributed by atoms with E-state index in [0.717, 1.165) is 42.7 Å². The molecule has 0 fully saturated rings. The van der Waals surface area contributed by atoms with Crippen LogP contribution in [0.5, 0.6) is 0 Å². The molecule has 1 aliphatic carbocycles. The lowest BCUT2D eigenvalue weighted by Crippen LogP contribution is -2.15. The van der Waals surface area contributed by atoms with Gasteiger partial charge in [-0.15, -0.1) is 0 Å².